The molecule has 1 aromatic rings. The van der Waals surface area contributed by atoms with Crippen LogP contribution in [0.3, 0.4) is 0 Å². The Bertz CT molecular complexity index is 419. The van der Waals surface area contributed by atoms with Gasteiger partial charge in [-0.3, -0.25) is 4.90 Å². The molecule has 0 aliphatic carbocycles. The van der Waals surface area contributed by atoms with Gasteiger partial charge in [0.25, 0.3) is 0 Å². The summed E-state index contributed by atoms with van der Waals surface area (Å²) >= 11 is 0. The molecule has 2 rings (SSSR count). The van der Waals surface area contributed by atoms with Crippen LogP contribution in [-0.4, -0.2) is 35.2 Å². The van der Waals surface area contributed by atoms with Gasteiger partial charge in [0.15, 0.2) is 0 Å². The molecular weight excluding hydrogens is 282 g/mol. The van der Waals surface area contributed by atoms with E-state index in [0.717, 1.165) is 12.8 Å². The van der Waals surface area contributed by atoms with E-state index in [-0.39, 0.29) is 12.1 Å². The van der Waals surface area contributed by atoms with E-state index in [1.807, 2.05) is 0 Å². The lowest BCUT2D eigenvalue weighted by Gasteiger charge is -2.26. The number of aliphatic hydroxyl groups excluding tert-OH is 1. The summed E-state index contributed by atoms with van der Waals surface area (Å²) in [5, 5.41) is 10.4. The van der Waals surface area contributed by atoms with E-state index in [9.17, 15) is 5.11 Å². The third kappa shape index (κ3) is 5.93. The second kappa shape index (κ2) is 10.1. The molecule has 0 spiro atoms. The van der Waals surface area contributed by atoms with Crippen LogP contribution >= 0.6 is 0 Å². The Morgan fingerprint density at radius 1 is 1.00 bits per heavy atom. The van der Waals surface area contributed by atoms with Gasteiger partial charge in [0, 0.05) is 12.1 Å². The van der Waals surface area contributed by atoms with Gasteiger partial charge in [0.05, 0.1) is 6.10 Å². The summed E-state index contributed by atoms with van der Waals surface area (Å²) in [6.07, 6.45) is 12.5. The Labute approximate surface area is 142 Å². The zero-order valence-corrected chi connectivity index (χ0v) is 15.1. The lowest BCUT2D eigenvalue weighted by atomic mass is 10.0. The number of hydrogen-bond acceptors (Lipinski definition) is 2. The molecule has 130 valence electrons. The molecule has 1 fully saturated rings. The quantitative estimate of drug-likeness (QED) is 0.626. The summed E-state index contributed by atoms with van der Waals surface area (Å²) in [5.41, 5.74) is 1.33. The summed E-state index contributed by atoms with van der Waals surface area (Å²) < 4.78 is 0. The van der Waals surface area contributed by atoms with Crippen molar-refractivity contribution in [2.75, 3.05) is 7.05 Å². The lowest BCUT2D eigenvalue weighted by molar-refractivity contribution is 0.123. The molecule has 1 aromatic carbocycles. The Hall–Kier alpha value is -0.860. The average molecular weight is 318 g/mol. The largest absolute Gasteiger partial charge is 0.391 e. The van der Waals surface area contributed by atoms with Gasteiger partial charge in [-0.05, 0) is 31.9 Å². The monoisotopic (exact) mass is 317 g/mol. The van der Waals surface area contributed by atoms with Crippen LogP contribution in [0.4, 0.5) is 0 Å². The Morgan fingerprint density at radius 3 is 2.35 bits per heavy atom. The predicted molar refractivity (Wildman–Crippen MR) is 98.7 cm³/mol. The number of likely N-dealkylation sites (N-methyl/N-ethyl adjacent to an activating group) is 1. The van der Waals surface area contributed by atoms with Crippen molar-refractivity contribution in [3.05, 3.63) is 35.9 Å². The molecule has 1 N–H and O–H groups in total. The summed E-state index contributed by atoms with van der Waals surface area (Å²) in [6.45, 7) is 2.27. The minimum atomic E-state index is -0.172. The minimum absolute atomic E-state index is 0.172. The van der Waals surface area contributed by atoms with Gasteiger partial charge in [0.1, 0.15) is 0 Å². The number of benzene rings is 1. The van der Waals surface area contributed by atoms with Gasteiger partial charge in [-0.1, -0.05) is 82.2 Å². The van der Waals surface area contributed by atoms with Crippen LogP contribution in [0.2, 0.25) is 0 Å². The fourth-order valence-electron chi connectivity index (χ4n) is 3.94. The smallest absolute Gasteiger partial charge is 0.0713 e. The highest BCUT2D eigenvalue weighted by Gasteiger charge is 2.37. The standard InChI is InChI=1S/C21H35NO/c1-3-4-5-6-7-8-12-15-19-17-21(23)20(22(19)2)16-18-13-10-9-11-14-18/h9-11,13-14,19-21,23H,3-8,12,15-17H2,1-2H3/t19-,20-,21+/m0/s1. The van der Waals surface area contributed by atoms with E-state index in [1.54, 1.807) is 0 Å². The summed E-state index contributed by atoms with van der Waals surface area (Å²) in [5.74, 6) is 0. The number of unbranched alkanes of at least 4 members (excludes halogenated alkanes) is 6. The molecule has 1 aliphatic rings. The number of aliphatic hydroxyl groups is 1. The molecule has 0 unspecified atom stereocenters. The topological polar surface area (TPSA) is 23.5 Å². The van der Waals surface area contributed by atoms with Gasteiger partial charge in [-0.2, -0.15) is 0 Å². The molecule has 2 heteroatoms. The van der Waals surface area contributed by atoms with Crippen LogP contribution in [0, 0.1) is 0 Å². The predicted octanol–water partition coefficient (Wildman–Crippen LogP) is 4.80. The molecule has 0 amide bonds. The number of likely N-dealkylation sites (tertiary alicyclic amines) is 1. The highest BCUT2D eigenvalue weighted by atomic mass is 16.3. The maximum absolute atomic E-state index is 10.4. The van der Waals surface area contributed by atoms with Gasteiger partial charge < -0.3 is 5.11 Å². The molecule has 1 aliphatic heterocycles. The van der Waals surface area contributed by atoms with Crippen LogP contribution in [0.1, 0.15) is 70.3 Å². The first kappa shape index (κ1) is 18.5. The van der Waals surface area contributed by atoms with Crippen LogP contribution < -0.4 is 0 Å². The highest BCUT2D eigenvalue weighted by Crippen LogP contribution is 2.29. The second-order valence-electron chi connectivity index (χ2n) is 7.29. The third-order valence-corrected chi connectivity index (χ3v) is 5.49. The third-order valence-electron chi connectivity index (χ3n) is 5.49. The van der Waals surface area contributed by atoms with E-state index in [1.165, 1.54) is 56.9 Å². The molecule has 1 heterocycles. The molecular formula is C21H35NO. The molecule has 1 saturated heterocycles. The number of rotatable bonds is 10. The zero-order valence-electron chi connectivity index (χ0n) is 15.1. The highest BCUT2D eigenvalue weighted by molar-refractivity contribution is 5.17. The molecule has 0 aromatic heterocycles. The first-order chi connectivity index (χ1) is 11.2. The molecule has 23 heavy (non-hydrogen) atoms. The van der Waals surface area contributed by atoms with Crippen LogP contribution in [0.5, 0.6) is 0 Å². The first-order valence-electron chi connectivity index (χ1n) is 9.66. The van der Waals surface area contributed by atoms with Crippen molar-refractivity contribution in [2.45, 2.75) is 89.3 Å². The summed E-state index contributed by atoms with van der Waals surface area (Å²) in [7, 11) is 2.20. The van der Waals surface area contributed by atoms with Gasteiger partial charge in [-0.15, -0.1) is 0 Å². The van der Waals surface area contributed by atoms with Crippen molar-refractivity contribution in [2.24, 2.45) is 0 Å². The van der Waals surface area contributed by atoms with Gasteiger partial charge >= 0.3 is 0 Å². The number of hydrogen-bond donors (Lipinski definition) is 1. The fraction of sp³-hybridized carbons (Fsp3) is 0.714. The van der Waals surface area contributed by atoms with E-state index < -0.39 is 0 Å². The normalized spacial score (nSPS) is 25.1. The van der Waals surface area contributed by atoms with Crippen molar-refractivity contribution in [3.63, 3.8) is 0 Å². The van der Waals surface area contributed by atoms with Crippen molar-refractivity contribution in [3.8, 4) is 0 Å². The van der Waals surface area contributed by atoms with Crippen LogP contribution in [-0.2, 0) is 6.42 Å². The molecule has 0 bridgehead atoms. The molecule has 0 radical (unpaired) electrons. The van der Waals surface area contributed by atoms with Crippen molar-refractivity contribution >= 4 is 0 Å². The maximum Gasteiger partial charge on any atom is 0.0713 e. The van der Waals surface area contributed by atoms with Crippen molar-refractivity contribution in [1.82, 2.24) is 4.90 Å². The lowest BCUT2D eigenvalue weighted by Crippen LogP contribution is -2.37. The minimum Gasteiger partial charge on any atom is -0.391 e. The maximum atomic E-state index is 10.4. The zero-order chi connectivity index (χ0) is 16.5. The van der Waals surface area contributed by atoms with Gasteiger partial charge in [0.2, 0.25) is 0 Å². The van der Waals surface area contributed by atoms with Crippen LogP contribution in [0.15, 0.2) is 30.3 Å². The Morgan fingerprint density at radius 2 is 1.65 bits per heavy atom. The molecule has 2 nitrogen and oxygen atoms in total. The number of nitrogens with zero attached hydrogens (tertiary/aromatic N) is 1. The Balaban J connectivity index is 1.69. The first-order valence-corrected chi connectivity index (χ1v) is 9.66. The second-order valence-corrected chi connectivity index (χ2v) is 7.29. The van der Waals surface area contributed by atoms with Crippen molar-refractivity contribution in [1.29, 1.82) is 0 Å². The van der Waals surface area contributed by atoms with E-state index >= 15 is 0 Å². The summed E-state index contributed by atoms with van der Waals surface area (Å²) in [6, 6.07) is 11.4. The van der Waals surface area contributed by atoms with E-state index in [2.05, 4.69) is 49.2 Å². The van der Waals surface area contributed by atoms with E-state index in [0.29, 0.717) is 6.04 Å². The Kier molecular flexibility index (Phi) is 8.11. The van der Waals surface area contributed by atoms with Crippen molar-refractivity contribution < 1.29 is 5.11 Å². The average Bonchev–Trinajstić information content (AvgIpc) is 2.83. The van der Waals surface area contributed by atoms with E-state index in [4.69, 9.17) is 0 Å². The fourth-order valence-corrected chi connectivity index (χ4v) is 3.94. The van der Waals surface area contributed by atoms with Crippen LogP contribution in [0.25, 0.3) is 0 Å². The SMILES string of the molecule is CCCCCCCCC[C@H]1C[C@@H](O)[C@H](Cc2ccccc2)N1C. The van der Waals surface area contributed by atoms with Gasteiger partial charge in [-0.25, -0.2) is 0 Å². The molecule has 0 saturated carbocycles. The molecule has 3 atom stereocenters. The summed E-state index contributed by atoms with van der Waals surface area (Å²) in [4.78, 5) is 2.44.